The highest BCUT2D eigenvalue weighted by Gasteiger charge is 2.16. The Morgan fingerprint density at radius 2 is 2.11 bits per heavy atom. The van der Waals surface area contributed by atoms with Crippen LogP contribution in [-0.4, -0.2) is 29.0 Å². The van der Waals surface area contributed by atoms with Crippen molar-refractivity contribution in [1.82, 2.24) is 9.78 Å². The first-order valence-corrected chi connectivity index (χ1v) is 6.85. The second kappa shape index (κ2) is 5.63. The van der Waals surface area contributed by atoms with Gasteiger partial charge in [0.2, 0.25) is 0 Å². The second-order valence-electron chi connectivity index (χ2n) is 4.62. The standard InChI is InChI=1S/C14H16ClN3O/c15-12-3-1-4-13(14(12)18-8-2-7-16-18)17-11-5-9-19-10-6-11/h1-4,7-8,11,17H,5-6,9-10H2. The van der Waals surface area contributed by atoms with Gasteiger partial charge in [-0.15, -0.1) is 0 Å². The monoisotopic (exact) mass is 277 g/mol. The number of halogens is 1. The lowest BCUT2D eigenvalue weighted by atomic mass is 10.1. The third-order valence-corrected chi connectivity index (χ3v) is 3.61. The van der Waals surface area contributed by atoms with Crippen molar-refractivity contribution in [2.75, 3.05) is 18.5 Å². The van der Waals surface area contributed by atoms with Gasteiger partial charge in [0.05, 0.1) is 10.7 Å². The molecule has 1 saturated heterocycles. The van der Waals surface area contributed by atoms with E-state index in [2.05, 4.69) is 10.4 Å². The van der Waals surface area contributed by atoms with Gasteiger partial charge in [-0.05, 0) is 31.0 Å². The molecule has 4 nitrogen and oxygen atoms in total. The minimum Gasteiger partial charge on any atom is -0.381 e. The Morgan fingerprint density at radius 3 is 2.84 bits per heavy atom. The number of anilines is 1. The summed E-state index contributed by atoms with van der Waals surface area (Å²) in [5, 5.41) is 8.52. The van der Waals surface area contributed by atoms with Gasteiger partial charge in [0.25, 0.3) is 0 Å². The zero-order chi connectivity index (χ0) is 13.1. The second-order valence-corrected chi connectivity index (χ2v) is 5.02. The Morgan fingerprint density at radius 1 is 1.26 bits per heavy atom. The molecule has 1 aliphatic heterocycles. The van der Waals surface area contributed by atoms with E-state index in [0.717, 1.165) is 37.4 Å². The Balaban J connectivity index is 1.90. The number of nitrogens with zero attached hydrogens (tertiary/aromatic N) is 2. The first-order chi connectivity index (χ1) is 9.34. The number of aromatic nitrogens is 2. The van der Waals surface area contributed by atoms with Gasteiger partial charge in [0.15, 0.2) is 0 Å². The molecular formula is C14H16ClN3O. The van der Waals surface area contributed by atoms with Crippen molar-refractivity contribution in [3.8, 4) is 5.69 Å². The maximum Gasteiger partial charge on any atom is 0.106 e. The molecule has 0 aliphatic carbocycles. The van der Waals surface area contributed by atoms with Crippen LogP contribution in [0.2, 0.25) is 5.02 Å². The lowest BCUT2D eigenvalue weighted by molar-refractivity contribution is 0.0904. The quantitative estimate of drug-likeness (QED) is 0.937. The third-order valence-electron chi connectivity index (χ3n) is 3.30. The van der Waals surface area contributed by atoms with Crippen molar-refractivity contribution in [2.24, 2.45) is 0 Å². The summed E-state index contributed by atoms with van der Waals surface area (Å²) in [5.74, 6) is 0. The van der Waals surface area contributed by atoms with Crippen LogP contribution in [0.4, 0.5) is 5.69 Å². The SMILES string of the molecule is Clc1cccc(NC2CCOCC2)c1-n1cccn1. The van der Waals surface area contributed by atoms with Crippen LogP contribution in [0.1, 0.15) is 12.8 Å². The number of ether oxygens (including phenoxy) is 1. The molecule has 0 unspecified atom stereocenters. The first kappa shape index (κ1) is 12.5. The Kier molecular flexibility index (Phi) is 3.71. The van der Waals surface area contributed by atoms with E-state index in [4.69, 9.17) is 16.3 Å². The van der Waals surface area contributed by atoms with E-state index in [-0.39, 0.29) is 0 Å². The smallest absolute Gasteiger partial charge is 0.106 e. The van der Waals surface area contributed by atoms with Gasteiger partial charge in [0.1, 0.15) is 5.69 Å². The molecule has 3 rings (SSSR count). The molecule has 1 aliphatic rings. The van der Waals surface area contributed by atoms with Crippen LogP contribution < -0.4 is 5.32 Å². The summed E-state index contributed by atoms with van der Waals surface area (Å²) < 4.78 is 7.18. The lowest BCUT2D eigenvalue weighted by Gasteiger charge is -2.25. The predicted octanol–water partition coefficient (Wildman–Crippen LogP) is 3.12. The van der Waals surface area contributed by atoms with Gasteiger partial charge in [-0.1, -0.05) is 17.7 Å². The van der Waals surface area contributed by atoms with E-state index >= 15 is 0 Å². The van der Waals surface area contributed by atoms with Gasteiger partial charge in [-0.25, -0.2) is 4.68 Å². The van der Waals surface area contributed by atoms with Gasteiger partial charge >= 0.3 is 0 Å². The largest absolute Gasteiger partial charge is 0.381 e. The minimum atomic E-state index is 0.432. The Hall–Kier alpha value is -1.52. The van der Waals surface area contributed by atoms with Crippen molar-refractivity contribution in [1.29, 1.82) is 0 Å². The van der Waals surface area contributed by atoms with Crippen LogP contribution in [-0.2, 0) is 4.74 Å². The first-order valence-electron chi connectivity index (χ1n) is 6.47. The van der Waals surface area contributed by atoms with Crippen LogP contribution in [0.3, 0.4) is 0 Å². The van der Waals surface area contributed by atoms with Crippen molar-refractivity contribution in [3.05, 3.63) is 41.7 Å². The lowest BCUT2D eigenvalue weighted by Crippen LogP contribution is -2.28. The van der Waals surface area contributed by atoms with Crippen molar-refractivity contribution in [3.63, 3.8) is 0 Å². The van der Waals surface area contributed by atoms with Crippen molar-refractivity contribution < 1.29 is 4.74 Å². The molecule has 19 heavy (non-hydrogen) atoms. The molecule has 0 saturated carbocycles. The zero-order valence-electron chi connectivity index (χ0n) is 10.6. The molecule has 0 radical (unpaired) electrons. The normalized spacial score (nSPS) is 16.5. The Labute approximate surface area is 117 Å². The van der Waals surface area contributed by atoms with E-state index < -0.39 is 0 Å². The molecule has 0 amide bonds. The summed E-state index contributed by atoms with van der Waals surface area (Å²) in [6.45, 7) is 1.63. The number of para-hydroxylation sites is 1. The average Bonchev–Trinajstić information content (AvgIpc) is 2.94. The number of benzene rings is 1. The van der Waals surface area contributed by atoms with E-state index in [1.807, 2.05) is 30.5 Å². The Bertz CT molecular complexity index is 536. The molecule has 2 heterocycles. The molecule has 0 atom stereocenters. The summed E-state index contributed by atoms with van der Waals surface area (Å²) >= 11 is 6.31. The van der Waals surface area contributed by atoms with Crippen molar-refractivity contribution in [2.45, 2.75) is 18.9 Å². The molecule has 1 aromatic heterocycles. The molecule has 1 fully saturated rings. The minimum absolute atomic E-state index is 0.432. The van der Waals surface area contributed by atoms with Crippen molar-refractivity contribution >= 4 is 17.3 Å². The van der Waals surface area contributed by atoms with E-state index in [0.29, 0.717) is 11.1 Å². The average molecular weight is 278 g/mol. The molecule has 1 N–H and O–H groups in total. The highest BCUT2D eigenvalue weighted by Crippen LogP contribution is 2.29. The van der Waals surface area contributed by atoms with Gasteiger partial charge in [-0.2, -0.15) is 5.10 Å². The zero-order valence-corrected chi connectivity index (χ0v) is 11.3. The van der Waals surface area contributed by atoms with Gasteiger partial charge in [-0.3, -0.25) is 0 Å². The summed E-state index contributed by atoms with van der Waals surface area (Å²) in [4.78, 5) is 0. The van der Waals surface area contributed by atoms with Crippen LogP contribution in [0.25, 0.3) is 5.69 Å². The number of hydrogen-bond acceptors (Lipinski definition) is 3. The molecular weight excluding hydrogens is 262 g/mol. The summed E-state index contributed by atoms with van der Waals surface area (Å²) in [7, 11) is 0. The highest BCUT2D eigenvalue weighted by atomic mass is 35.5. The molecule has 5 heteroatoms. The fourth-order valence-corrected chi connectivity index (χ4v) is 2.59. The molecule has 100 valence electrons. The van der Waals surface area contributed by atoms with Crippen LogP contribution in [0.5, 0.6) is 0 Å². The van der Waals surface area contributed by atoms with E-state index in [9.17, 15) is 0 Å². The molecule has 0 bridgehead atoms. The van der Waals surface area contributed by atoms with E-state index in [1.54, 1.807) is 10.9 Å². The molecule has 0 spiro atoms. The topological polar surface area (TPSA) is 39.1 Å². The number of rotatable bonds is 3. The fraction of sp³-hybridized carbons (Fsp3) is 0.357. The summed E-state index contributed by atoms with van der Waals surface area (Å²) in [6.07, 6.45) is 5.69. The van der Waals surface area contributed by atoms with E-state index in [1.165, 1.54) is 0 Å². The molecule has 1 aromatic carbocycles. The van der Waals surface area contributed by atoms with Gasteiger partial charge < -0.3 is 10.1 Å². The maximum absolute atomic E-state index is 6.31. The number of hydrogen-bond donors (Lipinski definition) is 1. The summed E-state index contributed by atoms with van der Waals surface area (Å²) in [6, 6.07) is 8.20. The molecule has 2 aromatic rings. The van der Waals surface area contributed by atoms with Gasteiger partial charge in [0, 0.05) is 31.6 Å². The fourth-order valence-electron chi connectivity index (χ4n) is 2.33. The van der Waals surface area contributed by atoms with Crippen LogP contribution in [0, 0.1) is 0 Å². The third kappa shape index (κ3) is 2.74. The van der Waals surface area contributed by atoms with Crippen LogP contribution in [0.15, 0.2) is 36.7 Å². The highest BCUT2D eigenvalue weighted by molar-refractivity contribution is 6.33. The number of nitrogens with one attached hydrogen (secondary N) is 1. The summed E-state index contributed by atoms with van der Waals surface area (Å²) in [5.41, 5.74) is 1.92. The predicted molar refractivity (Wildman–Crippen MR) is 76.0 cm³/mol. The maximum atomic E-state index is 6.31. The van der Waals surface area contributed by atoms with Crippen LogP contribution >= 0.6 is 11.6 Å².